The zero-order valence-electron chi connectivity index (χ0n) is 9.44. The molecule has 84 valence electrons. The van der Waals surface area contributed by atoms with Gasteiger partial charge in [-0.3, -0.25) is 4.90 Å². The molecule has 0 bridgehead atoms. The van der Waals surface area contributed by atoms with Crippen LogP contribution in [0.3, 0.4) is 0 Å². The summed E-state index contributed by atoms with van der Waals surface area (Å²) in [6, 6.07) is 1.17. The SMILES string of the molecule is CNCC1CCCN1C(C)c1nccs1. The van der Waals surface area contributed by atoms with Crippen LogP contribution in [-0.4, -0.2) is 36.1 Å². The topological polar surface area (TPSA) is 28.2 Å². The van der Waals surface area contributed by atoms with Crippen LogP contribution in [0.25, 0.3) is 0 Å². The van der Waals surface area contributed by atoms with E-state index in [1.54, 1.807) is 11.3 Å². The Morgan fingerprint density at radius 2 is 2.60 bits per heavy atom. The Morgan fingerprint density at radius 3 is 3.27 bits per heavy atom. The Bertz CT molecular complexity index is 286. The third-order valence-corrected chi connectivity index (χ3v) is 4.11. The lowest BCUT2D eigenvalue weighted by Gasteiger charge is -2.29. The number of hydrogen-bond acceptors (Lipinski definition) is 4. The lowest BCUT2D eigenvalue weighted by atomic mass is 10.2. The fourth-order valence-corrected chi connectivity index (χ4v) is 3.12. The molecular formula is C11H19N3S. The molecule has 4 heteroatoms. The molecule has 1 saturated heterocycles. The molecule has 2 atom stereocenters. The number of likely N-dealkylation sites (N-methyl/N-ethyl adjacent to an activating group) is 1. The van der Waals surface area contributed by atoms with Gasteiger partial charge in [0.05, 0.1) is 6.04 Å². The molecule has 0 saturated carbocycles. The molecule has 0 amide bonds. The van der Waals surface area contributed by atoms with E-state index in [4.69, 9.17) is 0 Å². The highest BCUT2D eigenvalue weighted by molar-refractivity contribution is 7.09. The molecule has 1 aliphatic heterocycles. The molecule has 1 N–H and O–H groups in total. The molecule has 1 fully saturated rings. The molecule has 0 aromatic carbocycles. The van der Waals surface area contributed by atoms with E-state index in [9.17, 15) is 0 Å². The van der Waals surface area contributed by atoms with Crippen molar-refractivity contribution in [2.24, 2.45) is 0 Å². The normalized spacial score (nSPS) is 24.5. The molecule has 2 unspecified atom stereocenters. The van der Waals surface area contributed by atoms with Crippen molar-refractivity contribution in [3.05, 3.63) is 16.6 Å². The first-order valence-corrected chi connectivity index (χ1v) is 6.50. The van der Waals surface area contributed by atoms with Crippen LogP contribution in [0.2, 0.25) is 0 Å². The second kappa shape index (κ2) is 5.05. The number of hydrogen-bond donors (Lipinski definition) is 1. The lowest BCUT2D eigenvalue weighted by Crippen LogP contribution is -2.38. The summed E-state index contributed by atoms with van der Waals surface area (Å²) in [6.07, 6.45) is 4.54. The van der Waals surface area contributed by atoms with E-state index in [1.807, 2.05) is 13.2 Å². The van der Waals surface area contributed by atoms with Crippen LogP contribution in [0.5, 0.6) is 0 Å². The Morgan fingerprint density at radius 1 is 1.73 bits per heavy atom. The first-order chi connectivity index (χ1) is 7.33. The standard InChI is InChI=1S/C11H19N3S/c1-9(11-13-5-7-15-11)14-6-3-4-10(14)8-12-2/h5,7,9-10,12H,3-4,6,8H2,1-2H3. The van der Waals surface area contributed by atoms with E-state index in [2.05, 4.69) is 27.5 Å². The fraction of sp³-hybridized carbons (Fsp3) is 0.727. The zero-order valence-corrected chi connectivity index (χ0v) is 10.3. The summed E-state index contributed by atoms with van der Waals surface area (Å²) in [5.41, 5.74) is 0. The molecule has 0 spiro atoms. The highest BCUT2D eigenvalue weighted by Crippen LogP contribution is 2.29. The average molecular weight is 225 g/mol. The molecule has 2 rings (SSSR count). The summed E-state index contributed by atoms with van der Waals surface area (Å²) < 4.78 is 0. The molecule has 1 aliphatic rings. The number of likely N-dealkylation sites (tertiary alicyclic amines) is 1. The molecule has 0 radical (unpaired) electrons. The van der Waals surface area contributed by atoms with E-state index >= 15 is 0 Å². The fourth-order valence-electron chi connectivity index (χ4n) is 2.41. The highest BCUT2D eigenvalue weighted by Gasteiger charge is 2.29. The minimum absolute atomic E-state index is 0.478. The molecular weight excluding hydrogens is 206 g/mol. The van der Waals surface area contributed by atoms with Crippen molar-refractivity contribution in [3.8, 4) is 0 Å². The van der Waals surface area contributed by atoms with Crippen LogP contribution in [-0.2, 0) is 0 Å². The quantitative estimate of drug-likeness (QED) is 0.848. The number of thiazole rings is 1. The third kappa shape index (κ3) is 2.38. The third-order valence-electron chi connectivity index (χ3n) is 3.17. The summed E-state index contributed by atoms with van der Waals surface area (Å²) in [7, 11) is 2.03. The monoisotopic (exact) mass is 225 g/mol. The largest absolute Gasteiger partial charge is 0.318 e. The Balaban J connectivity index is 2.03. The Kier molecular flexibility index (Phi) is 3.72. The van der Waals surface area contributed by atoms with Gasteiger partial charge in [0.1, 0.15) is 5.01 Å². The molecule has 1 aromatic heterocycles. The smallest absolute Gasteiger partial charge is 0.109 e. The van der Waals surface area contributed by atoms with Crippen molar-refractivity contribution in [3.63, 3.8) is 0 Å². The van der Waals surface area contributed by atoms with Gasteiger partial charge in [-0.15, -0.1) is 11.3 Å². The minimum atomic E-state index is 0.478. The molecule has 0 aliphatic carbocycles. The van der Waals surface area contributed by atoms with E-state index in [-0.39, 0.29) is 0 Å². The summed E-state index contributed by atoms with van der Waals surface area (Å²) in [5.74, 6) is 0. The maximum atomic E-state index is 4.41. The molecule has 1 aromatic rings. The van der Waals surface area contributed by atoms with Gasteiger partial charge in [-0.2, -0.15) is 0 Å². The van der Waals surface area contributed by atoms with Gasteiger partial charge >= 0.3 is 0 Å². The predicted octanol–water partition coefficient (Wildman–Crippen LogP) is 1.89. The number of nitrogens with one attached hydrogen (secondary N) is 1. The van der Waals surface area contributed by atoms with E-state index in [0.29, 0.717) is 12.1 Å². The zero-order chi connectivity index (χ0) is 10.7. The Labute approximate surface area is 95.5 Å². The molecule has 15 heavy (non-hydrogen) atoms. The van der Waals surface area contributed by atoms with E-state index in [1.165, 1.54) is 24.4 Å². The van der Waals surface area contributed by atoms with E-state index in [0.717, 1.165) is 6.54 Å². The summed E-state index contributed by atoms with van der Waals surface area (Å²) in [5, 5.41) is 6.59. The lowest BCUT2D eigenvalue weighted by molar-refractivity contribution is 0.191. The van der Waals surface area contributed by atoms with Crippen LogP contribution in [0, 0.1) is 0 Å². The first-order valence-electron chi connectivity index (χ1n) is 5.62. The number of aromatic nitrogens is 1. The van der Waals surface area contributed by atoms with Gasteiger partial charge in [-0.1, -0.05) is 0 Å². The van der Waals surface area contributed by atoms with Crippen molar-refractivity contribution in [2.45, 2.75) is 31.8 Å². The van der Waals surface area contributed by atoms with Crippen LogP contribution in [0.4, 0.5) is 0 Å². The van der Waals surface area contributed by atoms with Crippen molar-refractivity contribution >= 4 is 11.3 Å². The van der Waals surface area contributed by atoms with Crippen molar-refractivity contribution < 1.29 is 0 Å². The van der Waals surface area contributed by atoms with Gasteiger partial charge < -0.3 is 5.32 Å². The van der Waals surface area contributed by atoms with Gasteiger partial charge in [0, 0.05) is 24.2 Å². The highest BCUT2D eigenvalue weighted by atomic mass is 32.1. The van der Waals surface area contributed by atoms with Crippen LogP contribution >= 0.6 is 11.3 Å². The van der Waals surface area contributed by atoms with Crippen molar-refractivity contribution in [1.82, 2.24) is 15.2 Å². The van der Waals surface area contributed by atoms with Crippen LogP contribution in [0.15, 0.2) is 11.6 Å². The summed E-state index contributed by atoms with van der Waals surface area (Å²) in [6.45, 7) is 4.58. The second-order valence-electron chi connectivity index (χ2n) is 4.14. The van der Waals surface area contributed by atoms with Gasteiger partial charge in [0.15, 0.2) is 0 Å². The predicted molar refractivity (Wildman–Crippen MR) is 64.2 cm³/mol. The second-order valence-corrected chi connectivity index (χ2v) is 5.06. The maximum Gasteiger partial charge on any atom is 0.109 e. The molecule has 3 nitrogen and oxygen atoms in total. The number of rotatable bonds is 4. The summed E-state index contributed by atoms with van der Waals surface area (Å²) >= 11 is 1.76. The summed E-state index contributed by atoms with van der Waals surface area (Å²) in [4.78, 5) is 6.99. The number of nitrogens with zero attached hydrogens (tertiary/aromatic N) is 2. The van der Waals surface area contributed by atoms with E-state index < -0.39 is 0 Å². The molecule has 2 heterocycles. The maximum absolute atomic E-state index is 4.41. The van der Waals surface area contributed by atoms with Crippen LogP contribution < -0.4 is 5.32 Å². The van der Waals surface area contributed by atoms with Gasteiger partial charge in [-0.05, 0) is 33.4 Å². The minimum Gasteiger partial charge on any atom is -0.318 e. The van der Waals surface area contributed by atoms with Crippen LogP contribution in [0.1, 0.15) is 30.8 Å². The van der Waals surface area contributed by atoms with Crippen molar-refractivity contribution in [1.29, 1.82) is 0 Å². The van der Waals surface area contributed by atoms with Gasteiger partial charge in [0.25, 0.3) is 0 Å². The first kappa shape index (κ1) is 11.0. The average Bonchev–Trinajstić information content (AvgIpc) is 2.87. The Hall–Kier alpha value is -0.450. The van der Waals surface area contributed by atoms with Gasteiger partial charge in [0.2, 0.25) is 0 Å². The van der Waals surface area contributed by atoms with Crippen molar-refractivity contribution in [2.75, 3.05) is 20.1 Å². The van der Waals surface area contributed by atoms with Gasteiger partial charge in [-0.25, -0.2) is 4.98 Å².